The lowest BCUT2D eigenvalue weighted by Crippen LogP contribution is -2.24. The van der Waals surface area contributed by atoms with Crippen molar-refractivity contribution in [2.24, 2.45) is 0 Å². The normalized spacial score (nSPS) is 16.3. The quantitative estimate of drug-likeness (QED) is 0.836. The molecule has 0 bridgehead atoms. The van der Waals surface area contributed by atoms with E-state index >= 15 is 0 Å². The van der Waals surface area contributed by atoms with Gasteiger partial charge in [0.15, 0.2) is 5.13 Å². The highest BCUT2D eigenvalue weighted by Gasteiger charge is 2.31. The van der Waals surface area contributed by atoms with E-state index in [1.54, 1.807) is 11.3 Å². The summed E-state index contributed by atoms with van der Waals surface area (Å²) in [6, 6.07) is 3.31. The topological polar surface area (TPSA) is 28.2 Å². The Hall–Kier alpha value is -0.910. The molecule has 0 aliphatic heterocycles. The van der Waals surface area contributed by atoms with Crippen molar-refractivity contribution in [3.05, 3.63) is 33.5 Å². The van der Waals surface area contributed by atoms with Gasteiger partial charge in [0.2, 0.25) is 0 Å². The van der Waals surface area contributed by atoms with Crippen molar-refractivity contribution in [2.45, 2.75) is 45.3 Å². The van der Waals surface area contributed by atoms with Crippen LogP contribution in [0.4, 0.5) is 5.13 Å². The number of rotatable bonds is 7. The molecule has 1 aliphatic rings. The lowest BCUT2D eigenvalue weighted by Gasteiger charge is -2.20. The molecule has 1 unspecified atom stereocenters. The molecule has 0 radical (unpaired) electrons. The first-order valence-corrected chi connectivity index (χ1v) is 9.00. The van der Waals surface area contributed by atoms with Crippen molar-refractivity contribution in [2.75, 3.05) is 11.4 Å². The molecule has 0 saturated heterocycles. The van der Waals surface area contributed by atoms with Crippen LogP contribution >= 0.6 is 22.7 Å². The minimum atomic E-state index is 0.397. The average Bonchev–Trinajstić information content (AvgIpc) is 2.95. The molecule has 20 heavy (non-hydrogen) atoms. The Morgan fingerprint density at radius 3 is 3.00 bits per heavy atom. The molecule has 1 aliphatic carbocycles. The summed E-state index contributed by atoms with van der Waals surface area (Å²) in [5, 5.41) is 9.03. The smallest absolute Gasteiger partial charge is 0.186 e. The van der Waals surface area contributed by atoms with Crippen LogP contribution in [0.25, 0.3) is 0 Å². The van der Waals surface area contributed by atoms with E-state index in [9.17, 15) is 0 Å². The number of hydrogen-bond acceptors (Lipinski definition) is 5. The number of hydrogen-bond donors (Lipinski definition) is 1. The van der Waals surface area contributed by atoms with E-state index < -0.39 is 0 Å². The Balaban J connectivity index is 1.74. The summed E-state index contributed by atoms with van der Waals surface area (Å²) in [6.07, 6.45) is 4.65. The Labute approximate surface area is 128 Å². The van der Waals surface area contributed by atoms with E-state index in [-0.39, 0.29) is 0 Å². The standard InChI is InChI=1S/C15H21N3S2/c1-3-16-11(2)14-8-17-15(20-14)18(13-4-5-13)9-12-6-7-19-10-12/h6-8,10-11,13,16H,3-5,9H2,1-2H3. The molecule has 1 N–H and O–H groups in total. The van der Waals surface area contributed by atoms with Gasteiger partial charge in [0.05, 0.1) is 0 Å². The Morgan fingerprint density at radius 2 is 2.35 bits per heavy atom. The molecule has 0 aromatic carbocycles. The first-order chi connectivity index (χ1) is 9.78. The molecule has 0 amide bonds. The third kappa shape index (κ3) is 3.22. The zero-order valence-corrected chi connectivity index (χ0v) is 13.6. The molecular formula is C15H21N3S2. The summed E-state index contributed by atoms with van der Waals surface area (Å²) in [7, 11) is 0. The lowest BCUT2D eigenvalue weighted by atomic mass is 10.3. The molecule has 5 heteroatoms. The van der Waals surface area contributed by atoms with Crippen LogP contribution in [-0.4, -0.2) is 17.6 Å². The Kier molecular flexibility index (Phi) is 4.38. The fraction of sp³-hybridized carbons (Fsp3) is 0.533. The van der Waals surface area contributed by atoms with E-state index in [1.807, 2.05) is 17.5 Å². The van der Waals surface area contributed by atoms with Gasteiger partial charge in [0.25, 0.3) is 0 Å². The summed E-state index contributed by atoms with van der Waals surface area (Å²) < 4.78 is 0. The van der Waals surface area contributed by atoms with Gasteiger partial charge >= 0.3 is 0 Å². The highest BCUT2D eigenvalue weighted by molar-refractivity contribution is 7.15. The minimum absolute atomic E-state index is 0.397. The molecule has 1 saturated carbocycles. The molecule has 1 fully saturated rings. The van der Waals surface area contributed by atoms with Crippen LogP contribution in [-0.2, 0) is 6.54 Å². The van der Waals surface area contributed by atoms with Crippen LogP contribution in [0, 0.1) is 0 Å². The van der Waals surface area contributed by atoms with E-state index in [2.05, 4.69) is 45.9 Å². The maximum absolute atomic E-state index is 4.67. The number of thiazole rings is 1. The highest BCUT2D eigenvalue weighted by atomic mass is 32.1. The molecule has 0 spiro atoms. The highest BCUT2D eigenvalue weighted by Crippen LogP contribution is 2.36. The van der Waals surface area contributed by atoms with Crippen molar-refractivity contribution in [3.8, 4) is 0 Å². The van der Waals surface area contributed by atoms with E-state index in [0.29, 0.717) is 12.1 Å². The first-order valence-electron chi connectivity index (χ1n) is 7.24. The Morgan fingerprint density at radius 1 is 1.50 bits per heavy atom. The van der Waals surface area contributed by atoms with Gasteiger partial charge in [-0.3, -0.25) is 0 Å². The fourth-order valence-electron chi connectivity index (χ4n) is 2.34. The van der Waals surface area contributed by atoms with Gasteiger partial charge in [-0.25, -0.2) is 4.98 Å². The van der Waals surface area contributed by atoms with Gasteiger partial charge in [-0.1, -0.05) is 6.92 Å². The van der Waals surface area contributed by atoms with Crippen LogP contribution in [0.5, 0.6) is 0 Å². The number of thiophene rings is 1. The van der Waals surface area contributed by atoms with Crippen molar-refractivity contribution in [1.82, 2.24) is 10.3 Å². The van der Waals surface area contributed by atoms with Crippen LogP contribution in [0.3, 0.4) is 0 Å². The molecule has 1 atom stereocenters. The first kappa shape index (κ1) is 14.0. The second kappa shape index (κ2) is 6.24. The van der Waals surface area contributed by atoms with Gasteiger partial charge in [-0.15, -0.1) is 11.3 Å². The van der Waals surface area contributed by atoms with Crippen LogP contribution in [0.15, 0.2) is 23.0 Å². The van der Waals surface area contributed by atoms with Gasteiger partial charge in [-0.2, -0.15) is 11.3 Å². The largest absolute Gasteiger partial charge is 0.341 e. The summed E-state index contributed by atoms with van der Waals surface area (Å²) >= 11 is 3.61. The average molecular weight is 307 g/mol. The third-order valence-electron chi connectivity index (χ3n) is 3.61. The fourth-order valence-corrected chi connectivity index (χ4v) is 4.01. The monoisotopic (exact) mass is 307 g/mol. The maximum Gasteiger partial charge on any atom is 0.186 e. The van der Waals surface area contributed by atoms with E-state index in [0.717, 1.165) is 13.1 Å². The predicted molar refractivity (Wildman–Crippen MR) is 87.7 cm³/mol. The third-order valence-corrected chi connectivity index (χ3v) is 5.56. The number of nitrogens with zero attached hydrogens (tertiary/aromatic N) is 2. The van der Waals surface area contributed by atoms with Crippen LogP contribution in [0.1, 0.15) is 43.2 Å². The molecule has 3 rings (SSSR count). The summed E-state index contributed by atoms with van der Waals surface area (Å²) in [4.78, 5) is 8.48. The van der Waals surface area contributed by atoms with Gasteiger partial charge in [0, 0.05) is 29.7 Å². The minimum Gasteiger partial charge on any atom is -0.341 e. The van der Waals surface area contributed by atoms with Crippen molar-refractivity contribution in [3.63, 3.8) is 0 Å². The van der Waals surface area contributed by atoms with E-state index in [1.165, 1.54) is 28.4 Å². The second-order valence-electron chi connectivity index (χ2n) is 5.32. The molecule has 2 heterocycles. The van der Waals surface area contributed by atoms with Crippen molar-refractivity contribution >= 4 is 27.8 Å². The summed E-state index contributed by atoms with van der Waals surface area (Å²) in [6.45, 7) is 6.35. The van der Waals surface area contributed by atoms with Crippen molar-refractivity contribution < 1.29 is 0 Å². The maximum atomic E-state index is 4.67. The van der Waals surface area contributed by atoms with Crippen LogP contribution < -0.4 is 10.2 Å². The summed E-state index contributed by atoms with van der Waals surface area (Å²) in [5.74, 6) is 0. The Bertz CT molecular complexity index is 531. The van der Waals surface area contributed by atoms with Crippen molar-refractivity contribution in [1.29, 1.82) is 0 Å². The van der Waals surface area contributed by atoms with Gasteiger partial charge in [-0.05, 0) is 48.7 Å². The van der Waals surface area contributed by atoms with Crippen LogP contribution in [0.2, 0.25) is 0 Å². The molecule has 3 nitrogen and oxygen atoms in total. The van der Waals surface area contributed by atoms with E-state index in [4.69, 9.17) is 0 Å². The summed E-state index contributed by atoms with van der Waals surface area (Å²) in [5.41, 5.74) is 1.40. The zero-order valence-electron chi connectivity index (χ0n) is 12.0. The molecule has 108 valence electrons. The second-order valence-corrected chi connectivity index (χ2v) is 7.14. The lowest BCUT2D eigenvalue weighted by molar-refractivity contribution is 0.606. The number of aromatic nitrogens is 1. The molecular weight excluding hydrogens is 286 g/mol. The number of anilines is 1. The number of nitrogens with one attached hydrogen (secondary N) is 1. The molecule has 2 aromatic heterocycles. The van der Waals surface area contributed by atoms with Gasteiger partial charge in [0.1, 0.15) is 0 Å². The predicted octanol–water partition coefficient (Wildman–Crippen LogP) is 4.04. The SMILES string of the molecule is CCNC(C)c1cnc(N(Cc2ccsc2)C2CC2)s1. The molecule has 2 aromatic rings. The van der Waals surface area contributed by atoms with Gasteiger partial charge < -0.3 is 10.2 Å². The zero-order chi connectivity index (χ0) is 13.9.